The summed E-state index contributed by atoms with van der Waals surface area (Å²) in [5.74, 6) is -0.391. The molecule has 2 rings (SSSR count). The maximum absolute atomic E-state index is 12.2. The highest BCUT2D eigenvalue weighted by Crippen LogP contribution is 2.20. The van der Waals surface area contributed by atoms with Crippen LogP contribution in [0.4, 0.5) is 5.13 Å². The summed E-state index contributed by atoms with van der Waals surface area (Å²) in [4.78, 5) is 17.3. The second-order valence-corrected chi connectivity index (χ2v) is 7.66. The van der Waals surface area contributed by atoms with E-state index in [0.29, 0.717) is 32.6 Å². The Hall–Kier alpha value is -1.19. The number of hydrogen-bond acceptors (Lipinski definition) is 7. The van der Waals surface area contributed by atoms with E-state index in [1.807, 2.05) is 5.38 Å². The van der Waals surface area contributed by atoms with Gasteiger partial charge in [0.1, 0.15) is 0 Å². The van der Waals surface area contributed by atoms with Crippen LogP contribution in [0.25, 0.3) is 0 Å². The number of esters is 1. The lowest BCUT2D eigenvalue weighted by Crippen LogP contribution is -2.49. The zero-order valence-corrected chi connectivity index (χ0v) is 13.5. The molecule has 1 aromatic heterocycles. The van der Waals surface area contributed by atoms with E-state index in [9.17, 15) is 13.2 Å². The first-order valence-electron chi connectivity index (χ1n) is 6.72. The van der Waals surface area contributed by atoms with Crippen molar-refractivity contribution in [2.75, 3.05) is 43.9 Å². The Kier molecular flexibility index (Phi) is 5.54. The number of rotatable bonds is 6. The fourth-order valence-corrected chi connectivity index (χ4v) is 4.34. The van der Waals surface area contributed by atoms with Crippen LogP contribution in [0.15, 0.2) is 11.6 Å². The minimum Gasteiger partial charge on any atom is -0.469 e. The average molecular weight is 333 g/mol. The first-order chi connectivity index (χ1) is 10.0. The smallest absolute Gasteiger partial charge is 0.305 e. The van der Waals surface area contributed by atoms with Crippen LogP contribution in [0, 0.1) is 0 Å². The number of ether oxygens (including phenoxy) is 1. The third-order valence-electron chi connectivity index (χ3n) is 3.33. The Bertz CT molecular complexity index is 551. The van der Waals surface area contributed by atoms with E-state index in [4.69, 9.17) is 0 Å². The number of hydrogen-bond donors (Lipinski definition) is 0. The summed E-state index contributed by atoms with van der Waals surface area (Å²) in [5, 5.41) is 2.84. The minimum absolute atomic E-state index is 0.0145. The van der Waals surface area contributed by atoms with Crippen LogP contribution in [-0.2, 0) is 19.6 Å². The van der Waals surface area contributed by atoms with Gasteiger partial charge < -0.3 is 9.64 Å². The van der Waals surface area contributed by atoms with Crippen LogP contribution in [-0.4, -0.2) is 62.7 Å². The molecule has 0 radical (unpaired) electrons. The van der Waals surface area contributed by atoms with Gasteiger partial charge in [-0.15, -0.1) is 11.3 Å². The van der Waals surface area contributed by atoms with E-state index in [0.717, 1.165) is 5.13 Å². The molecule has 0 amide bonds. The third kappa shape index (κ3) is 4.39. The number of anilines is 1. The molecule has 21 heavy (non-hydrogen) atoms. The zero-order valence-electron chi connectivity index (χ0n) is 11.9. The number of methoxy groups -OCH3 is 1. The predicted molar refractivity (Wildman–Crippen MR) is 80.9 cm³/mol. The molecule has 0 saturated carbocycles. The summed E-state index contributed by atoms with van der Waals surface area (Å²) in [6, 6.07) is 0. The van der Waals surface area contributed by atoms with Crippen LogP contribution in [0.3, 0.4) is 0 Å². The standard InChI is InChI=1S/C12H19N3O4S2/c1-19-11(16)3-2-10-21(17,18)15-7-5-14(6-8-15)12-13-4-9-20-12/h4,9H,2-3,5-8,10H2,1H3. The SMILES string of the molecule is COC(=O)CCCS(=O)(=O)N1CCN(c2nccs2)CC1. The van der Waals surface area contributed by atoms with Gasteiger partial charge in [-0.3, -0.25) is 4.79 Å². The predicted octanol–water partition coefficient (Wildman–Crippen LogP) is 0.548. The van der Waals surface area contributed by atoms with Gasteiger partial charge >= 0.3 is 5.97 Å². The van der Waals surface area contributed by atoms with Crippen molar-refractivity contribution in [3.05, 3.63) is 11.6 Å². The summed E-state index contributed by atoms with van der Waals surface area (Å²) in [5.41, 5.74) is 0. The number of carbonyl (C=O) groups is 1. The molecular weight excluding hydrogens is 314 g/mol. The van der Waals surface area contributed by atoms with Gasteiger partial charge in [0.25, 0.3) is 0 Å². The van der Waals surface area contributed by atoms with E-state index < -0.39 is 10.0 Å². The average Bonchev–Trinajstić information content (AvgIpc) is 3.01. The number of piperazine rings is 1. The Morgan fingerprint density at radius 2 is 2.10 bits per heavy atom. The van der Waals surface area contributed by atoms with Crippen molar-refractivity contribution < 1.29 is 17.9 Å². The number of aromatic nitrogens is 1. The van der Waals surface area contributed by atoms with Crippen LogP contribution < -0.4 is 4.90 Å². The third-order valence-corrected chi connectivity index (χ3v) is 6.12. The lowest BCUT2D eigenvalue weighted by Gasteiger charge is -2.33. The number of thiazole rings is 1. The summed E-state index contributed by atoms with van der Waals surface area (Å²) < 4.78 is 30.4. The monoisotopic (exact) mass is 333 g/mol. The second kappa shape index (κ2) is 7.19. The van der Waals surface area contributed by atoms with Crippen LogP contribution in [0.2, 0.25) is 0 Å². The first-order valence-corrected chi connectivity index (χ1v) is 9.21. The highest BCUT2D eigenvalue weighted by Gasteiger charge is 2.27. The van der Waals surface area contributed by atoms with Gasteiger partial charge in [-0.1, -0.05) is 0 Å². The summed E-state index contributed by atoms with van der Waals surface area (Å²) >= 11 is 1.55. The molecule has 0 N–H and O–H groups in total. The Morgan fingerprint density at radius 1 is 1.38 bits per heavy atom. The molecule has 1 aliphatic rings. The second-order valence-electron chi connectivity index (χ2n) is 4.70. The largest absolute Gasteiger partial charge is 0.469 e. The molecule has 2 heterocycles. The molecule has 0 bridgehead atoms. The lowest BCUT2D eigenvalue weighted by molar-refractivity contribution is -0.140. The molecule has 1 saturated heterocycles. The fourth-order valence-electron chi connectivity index (χ4n) is 2.16. The molecular formula is C12H19N3O4S2. The molecule has 9 heteroatoms. The maximum atomic E-state index is 12.2. The molecule has 1 aliphatic heterocycles. The summed E-state index contributed by atoms with van der Waals surface area (Å²) in [6.07, 6.45) is 2.17. The lowest BCUT2D eigenvalue weighted by atomic mass is 10.3. The molecule has 1 fully saturated rings. The quantitative estimate of drug-likeness (QED) is 0.707. The van der Waals surface area contributed by atoms with E-state index in [1.165, 1.54) is 11.4 Å². The van der Waals surface area contributed by atoms with E-state index in [-0.39, 0.29) is 18.1 Å². The van der Waals surface area contributed by atoms with Crippen molar-refractivity contribution in [3.8, 4) is 0 Å². The van der Waals surface area contributed by atoms with Crippen LogP contribution in [0.5, 0.6) is 0 Å². The van der Waals surface area contributed by atoms with Crippen LogP contribution >= 0.6 is 11.3 Å². The van der Waals surface area contributed by atoms with Crippen molar-refractivity contribution in [3.63, 3.8) is 0 Å². The molecule has 0 atom stereocenters. The zero-order chi connectivity index (χ0) is 15.3. The van der Waals surface area contributed by atoms with Gasteiger partial charge in [-0.2, -0.15) is 4.31 Å². The summed E-state index contributed by atoms with van der Waals surface area (Å²) in [7, 11) is -2.00. The fraction of sp³-hybridized carbons (Fsp3) is 0.667. The maximum Gasteiger partial charge on any atom is 0.305 e. The summed E-state index contributed by atoms with van der Waals surface area (Å²) in [6.45, 7) is 2.20. The van der Waals surface area contributed by atoms with Gasteiger partial charge in [0.15, 0.2) is 5.13 Å². The van der Waals surface area contributed by atoms with Crippen molar-refractivity contribution >= 4 is 32.5 Å². The minimum atomic E-state index is -3.30. The Balaban J connectivity index is 1.81. The highest BCUT2D eigenvalue weighted by atomic mass is 32.2. The topological polar surface area (TPSA) is 79.8 Å². The Labute approximate surface area is 128 Å². The first kappa shape index (κ1) is 16.2. The van der Waals surface area contributed by atoms with Gasteiger partial charge in [-0.05, 0) is 6.42 Å². The van der Waals surface area contributed by atoms with Crippen molar-refractivity contribution in [1.29, 1.82) is 0 Å². The van der Waals surface area contributed by atoms with Crippen molar-refractivity contribution in [2.45, 2.75) is 12.8 Å². The molecule has 118 valence electrons. The van der Waals surface area contributed by atoms with Gasteiger partial charge in [0, 0.05) is 44.2 Å². The van der Waals surface area contributed by atoms with E-state index >= 15 is 0 Å². The number of carbonyl (C=O) groups excluding carboxylic acids is 1. The van der Waals surface area contributed by atoms with E-state index in [1.54, 1.807) is 17.5 Å². The number of sulfonamides is 1. The van der Waals surface area contributed by atoms with Gasteiger partial charge in [0.2, 0.25) is 10.0 Å². The molecule has 0 aliphatic carbocycles. The number of nitrogens with zero attached hydrogens (tertiary/aromatic N) is 3. The molecule has 0 aromatic carbocycles. The van der Waals surface area contributed by atoms with Gasteiger partial charge in [-0.25, -0.2) is 13.4 Å². The van der Waals surface area contributed by atoms with Gasteiger partial charge in [0.05, 0.1) is 12.9 Å². The van der Waals surface area contributed by atoms with E-state index in [2.05, 4.69) is 14.6 Å². The Morgan fingerprint density at radius 3 is 2.67 bits per heavy atom. The highest BCUT2D eigenvalue weighted by molar-refractivity contribution is 7.89. The normalized spacial score (nSPS) is 16.9. The molecule has 1 aromatic rings. The van der Waals surface area contributed by atoms with Crippen molar-refractivity contribution in [2.24, 2.45) is 0 Å². The van der Waals surface area contributed by atoms with Crippen molar-refractivity contribution in [1.82, 2.24) is 9.29 Å². The molecule has 7 nitrogen and oxygen atoms in total. The molecule has 0 unspecified atom stereocenters. The molecule has 0 spiro atoms. The van der Waals surface area contributed by atoms with Crippen LogP contribution in [0.1, 0.15) is 12.8 Å².